The van der Waals surface area contributed by atoms with Crippen LogP contribution in [0.5, 0.6) is 0 Å². The molecular formula is C20H25BrN2O3S2. The Morgan fingerprint density at radius 1 is 1.11 bits per heavy atom. The van der Waals surface area contributed by atoms with E-state index in [-0.39, 0.29) is 5.91 Å². The van der Waals surface area contributed by atoms with E-state index >= 15 is 0 Å². The first kappa shape index (κ1) is 21.5. The summed E-state index contributed by atoms with van der Waals surface area (Å²) in [7, 11) is -3.47. The van der Waals surface area contributed by atoms with Crippen LogP contribution in [0.3, 0.4) is 0 Å². The molecule has 1 fully saturated rings. The van der Waals surface area contributed by atoms with Gasteiger partial charge in [-0.3, -0.25) is 4.79 Å². The largest absolute Gasteiger partial charge is 0.340 e. The molecule has 1 saturated heterocycles. The highest BCUT2D eigenvalue weighted by Gasteiger charge is 2.31. The molecule has 2 aromatic rings. The lowest BCUT2D eigenvalue weighted by molar-refractivity contribution is -0.133. The first-order chi connectivity index (χ1) is 13.4. The number of piperazine rings is 1. The number of thiophene rings is 1. The molecule has 1 atom stereocenters. The third-order valence-corrected chi connectivity index (χ3v) is 9.02. The van der Waals surface area contributed by atoms with Crippen LogP contribution >= 0.6 is 27.3 Å². The van der Waals surface area contributed by atoms with Crippen LogP contribution in [-0.4, -0.2) is 49.7 Å². The zero-order valence-corrected chi connectivity index (χ0v) is 19.1. The summed E-state index contributed by atoms with van der Waals surface area (Å²) in [4.78, 5) is 14.4. The van der Waals surface area contributed by atoms with E-state index in [2.05, 4.69) is 35.0 Å². The Labute approximate surface area is 179 Å². The van der Waals surface area contributed by atoms with Crippen molar-refractivity contribution < 1.29 is 13.2 Å². The zero-order chi connectivity index (χ0) is 20.1. The maximum Gasteiger partial charge on any atom is 0.252 e. The summed E-state index contributed by atoms with van der Waals surface area (Å²) in [6, 6.07) is 13.7. The number of aryl methyl sites for hydroxylation is 1. The van der Waals surface area contributed by atoms with Crippen molar-refractivity contribution in [1.29, 1.82) is 0 Å². The number of carbonyl (C=O) groups excluding carboxylic acids is 1. The summed E-state index contributed by atoms with van der Waals surface area (Å²) in [5.74, 6) is 0.425. The van der Waals surface area contributed by atoms with Crippen LogP contribution in [0, 0.1) is 5.92 Å². The first-order valence-electron chi connectivity index (χ1n) is 9.43. The number of sulfonamides is 1. The fourth-order valence-electron chi connectivity index (χ4n) is 3.33. The number of nitrogens with zero attached hydrogens (tertiary/aromatic N) is 2. The van der Waals surface area contributed by atoms with Crippen molar-refractivity contribution in [2.24, 2.45) is 5.92 Å². The molecule has 8 heteroatoms. The molecule has 3 rings (SSSR count). The van der Waals surface area contributed by atoms with Gasteiger partial charge in [0, 0.05) is 32.6 Å². The summed E-state index contributed by atoms with van der Waals surface area (Å²) < 4.78 is 28.0. The average molecular weight is 485 g/mol. The Morgan fingerprint density at radius 2 is 1.79 bits per heavy atom. The van der Waals surface area contributed by atoms with Gasteiger partial charge in [-0.15, -0.1) is 11.3 Å². The lowest BCUT2D eigenvalue weighted by atomic mass is 9.97. The number of carbonyl (C=O) groups is 1. The third kappa shape index (κ3) is 5.43. The maximum atomic E-state index is 12.7. The molecule has 1 aromatic heterocycles. The predicted molar refractivity (Wildman–Crippen MR) is 116 cm³/mol. The van der Waals surface area contributed by atoms with Crippen molar-refractivity contribution in [2.75, 3.05) is 26.2 Å². The minimum absolute atomic E-state index is 0.122. The molecule has 152 valence electrons. The maximum absolute atomic E-state index is 12.7. The van der Waals surface area contributed by atoms with Gasteiger partial charge in [-0.1, -0.05) is 37.3 Å². The molecule has 0 N–H and O–H groups in total. The fourth-order valence-corrected chi connectivity index (χ4v) is 6.91. The van der Waals surface area contributed by atoms with Gasteiger partial charge in [0.15, 0.2) is 0 Å². The highest BCUT2D eigenvalue weighted by Crippen LogP contribution is 2.29. The van der Waals surface area contributed by atoms with Crippen molar-refractivity contribution in [1.82, 2.24) is 9.21 Å². The molecule has 0 bridgehead atoms. The van der Waals surface area contributed by atoms with Crippen LogP contribution in [0.25, 0.3) is 0 Å². The molecule has 28 heavy (non-hydrogen) atoms. The topological polar surface area (TPSA) is 57.7 Å². The highest BCUT2D eigenvalue weighted by molar-refractivity contribution is 9.11. The van der Waals surface area contributed by atoms with Crippen LogP contribution in [0.1, 0.15) is 25.3 Å². The molecule has 0 aliphatic carbocycles. The van der Waals surface area contributed by atoms with E-state index in [4.69, 9.17) is 0 Å². The molecule has 0 radical (unpaired) electrons. The summed E-state index contributed by atoms with van der Waals surface area (Å²) in [5.41, 5.74) is 1.29. The highest BCUT2D eigenvalue weighted by atomic mass is 79.9. The van der Waals surface area contributed by atoms with Crippen molar-refractivity contribution in [3.05, 3.63) is 51.8 Å². The van der Waals surface area contributed by atoms with Gasteiger partial charge < -0.3 is 4.90 Å². The van der Waals surface area contributed by atoms with Crippen LogP contribution in [0.15, 0.2) is 50.5 Å². The number of benzene rings is 1. The molecule has 1 unspecified atom stereocenters. The Morgan fingerprint density at radius 3 is 2.39 bits per heavy atom. The Bertz CT molecular complexity index is 891. The Hall–Kier alpha value is -1.22. The number of halogens is 1. The monoisotopic (exact) mass is 484 g/mol. The molecule has 0 spiro atoms. The van der Waals surface area contributed by atoms with Gasteiger partial charge in [-0.2, -0.15) is 4.31 Å². The van der Waals surface area contributed by atoms with Crippen LogP contribution in [0.2, 0.25) is 0 Å². The van der Waals surface area contributed by atoms with E-state index in [1.54, 1.807) is 17.0 Å². The second kappa shape index (κ2) is 9.52. The summed E-state index contributed by atoms with van der Waals surface area (Å²) >= 11 is 4.52. The summed E-state index contributed by atoms with van der Waals surface area (Å²) in [5, 5.41) is 0. The van der Waals surface area contributed by atoms with Crippen LogP contribution in [-0.2, 0) is 21.2 Å². The Kier molecular flexibility index (Phi) is 7.31. The van der Waals surface area contributed by atoms with Gasteiger partial charge in [0.2, 0.25) is 5.91 Å². The van der Waals surface area contributed by atoms with Gasteiger partial charge in [0.25, 0.3) is 10.0 Å². The van der Waals surface area contributed by atoms with Gasteiger partial charge in [0.1, 0.15) is 4.21 Å². The van der Waals surface area contributed by atoms with Crippen molar-refractivity contribution in [3.8, 4) is 0 Å². The average Bonchev–Trinajstić information content (AvgIpc) is 3.14. The standard InChI is InChI=1S/C20H25BrN2O3S2/c1-16(7-8-17-5-3-2-4-6-17)15-19(24)22-11-13-23(14-12-22)28(25,26)20-10-9-18(21)27-20/h2-6,9-10,16H,7-8,11-15H2,1H3. The van der Waals surface area contributed by atoms with E-state index in [1.165, 1.54) is 21.2 Å². The Balaban J connectivity index is 1.47. The van der Waals surface area contributed by atoms with Crippen LogP contribution < -0.4 is 0 Å². The molecular weight excluding hydrogens is 460 g/mol. The smallest absolute Gasteiger partial charge is 0.252 e. The number of hydrogen-bond acceptors (Lipinski definition) is 4. The molecule has 1 amide bonds. The molecule has 1 aromatic carbocycles. The normalized spacial score (nSPS) is 16.9. The van der Waals surface area contributed by atoms with E-state index < -0.39 is 10.0 Å². The lowest BCUT2D eigenvalue weighted by Crippen LogP contribution is -2.50. The van der Waals surface area contributed by atoms with E-state index in [1.807, 2.05) is 18.2 Å². The summed E-state index contributed by atoms with van der Waals surface area (Å²) in [6.07, 6.45) is 2.45. The van der Waals surface area contributed by atoms with Crippen LogP contribution in [0.4, 0.5) is 0 Å². The van der Waals surface area contributed by atoms with Gasteiger partial charge in [-0.05, 0) is 52.4 Å². The quantitative estimate of drug-likeness (QED) is 0.596. The zero-order valence-electron chi connectivity index (χ0n) is 15.9. The molecule has 5 nitrogen and oxygen atoms in total. The first-order valence-corrected chi connectivity index (χ1v) is 12.5. The second-order valence-electron chi connectivity index (χ2n) is 7.18. The summed E-state index contributed by atoms with van der Waals surface area (Å²) in [6.45, 7) is 3.71. The number of rotatable bonds is 7. The molecule has 2 heterocycles. The predicted octanol–water partition coefficient (Wildman–Crippen LogP) is 4.00. The lowest BCUT2D eigenvalue weighted by Gasteiger charge is -2.34. The van der Waals surface area contributed by atoms with Gasteiger partial charge in [-0.25, -0.2) is 8.42 Å². The second-order valence-corrected chi connectivity index (χ2v) is 11.8. The molecule has 1 aliphatic heterocycles. The van der Waals surface area contributed by atoms with E-state index in [0.717, 1.165) is 16.6 Å². The number of amides is 1. The third-order valence-electron chi connectivity index (χ3n) is 5.03. The van der Waals surface area contributed by atoms with Crippen molar-refractivity contribution in [3.63, 3.8) is 0 Å². The SMILES string of the molecule is CC(CCc1ccccc1)CC(=O)N1CCN(S(=O)(=O)c2ccc(Br)s2)CC1. The van der Waals surface area contributed by atoms with E-state index in [0.29, 0.717) is 42.7 Å². The van der Waals surface area contributed by atoms with Gasteiger partial charge in [0.05, 0.1) is 3.79 Å². The number of hydrogen-bond donors (Lipinski definition) is 0. The minimum Gasteiger partial charge on any atom is -0.340 e. The van der Waals surface area contributed by atoms with Crippen molar-refractivity contribution >= 4 is 43.2 Å². The van der Waals surface area contributed by atoms with E-state index in [9.17, 15) is 13.2 Å². The molecule has 1 aliphatic rings. The van der Waals surface area contributed by atoms with Gasteiger partial charge >= 0.3 is 0 Å². The molecule has 0 saturated carbocycles. The fraction of sp³-hybridized carbons (Fsp3) is 0.450. The minimum atomic E-state index is -3.47. The van der Waals surface area contributed by atoms with Crippen molar-refractivity contribution in [2.45, 2.75) is 30.4 Å².